The molecule has 25 heavy (non-hydrogen) atoms. The molecule has 10 heteroatoms. The highest BCUT2D eigenvalue weighted by Crippen LogP contribution is 2.35. The summed E-state index contributed by atoms with van der Waals surface area (Å²) in [6, 6.07) is 2.16. The number of nitrogens with zero attached hydrogens (tertiary/aromatic N) is 2. The molecule has 6 nitrogen and oxygen atoms in total. The molecule has 1 aromatic heterocycles. The lowest BCUT2D eigenvalue weighted by atomic mass is 10.0. The maximum Gasteiger partial charge on any atom is 0.492 e. The van der Waals surface area contributed by atoms with Gasteiger partial charge in [0.2, 0.25) is 0 Å². The van der Waals surface area contributed by atoms with Gasteiger partial charge in [0.25, 0.3) is 11.5 Å². The Balaban J connectivity index is 2.23. The summed E-state index contributed by atoms with van der Waals surface area (Å²) in [5.74, 6) is -1.85. The van der Waals surface area contributed by atoms with Crippen LogP contribution in [0.3, 0.4) is 0 Å². The fourth-order valence-electron chi connectivity index (χ4n) is 2.56. The van der Waals surface area contributed by atoms with E-state index in [0.29, 0.717) is 0 Å². The molecule has 2 aromatic rings. The summed E-state index contributed by atoms with van der Waals surface area (Å²) in [4.78, 5) is 27.2. The predicted molar refractivity (Wildman–Crippen MR) is 78.8 cm³/mol. The molecule has 0 fully saturated rings. The zero-order valence-electron chi connectivity index (χ0n) is 13.0. The quantitative estimate of drug-likeness (QED) is 0.796. The number of alkyl halides is 3. The van der Waals surface area contributed by atoms with Crippen LogP contribution in [0.15, 0.2) is 16.9 Å². The first-order valence-electron chi connectivity index (χ1n) is 7.03. The number of anilines is 1. The number of ether oxygens (including phenoxy) is 1. The Morgan fingerprint density at radius 2 is 1.92 bits per heavy atom. The van der Waals surface area contributed by atoms with Crippen LogP contribution < -0.4 is 15.6 Å². The van der Waals surface area contributed by atoms with Crippen LogP contribution in [0.4, 0.5) is 23.2 Å². The number of halogens is 4. The molecule has 0 aliphatic carbocycles. The number of carbonyl (C=O) groups is 1. The third-order valence-corrected chi connectivity index (χ3v) is 3.69. The summed E-state index contributed by atoms with van der Waals surface area (Å²) in [7, 11) is 0. The van der Waals surface area contributed by atoms with Gasteiger partial charge in [-0.15, -0.1) is 13.2 Å². The van der Waals surface area contributed by atoms with E-state index >= 15 is 0 Å². The average Bonchev–Trinajstić information content (AvgIpc) is 2.49. The molecule has 0 spiro atoms. The van der Waals surface area contributed by atoms with E-state index in [4.69, 9.17) is 4.74 Å². The van der Waals surface area contributed by atoms with E-state index in [1.54, 1.807) is 0 Å². The first-order chi connectivity index (χ1) is 11.6. The van der Waals surface area contributed by atoms with Crippen molar-refractivity contribution in [2.75, 3.05) is 11.9 Å². The molecule has 132 valence electrons. The number of hydrogen-bond donors (Lipinski definition) is 1. The maximum absolute atomic E-state index is 14.4. The first-order valence-corrected chi connectivity index (χ1v) is 7.03. The zero-order valence-corrected chi connectivity index (χ0v) is 13.0. The molecular formula is C15H11F4N3O3. The third-order valence-electron chi connectivity index (χ3n) is 3.69. The number of hydrogen-bond acceptors (Lipinski definition) is 4. The topological polar surface area (TPSA) is 73.2 Å². The number of aromatic nitrogens is 2. The molecule has 1 amide bonds. The van der Waals surface area contributed by atoms with Crippen molar-refractivity contribution >= 4 is 11.6 Å². The van der Waals surface area contributed by atoms with E-state index in [0.717, 1.165) is 19.9 Å². The number of fused-ring (bicyclic) bond motifs is 1. The average molecular weight is 357 g/mol. The van der Waals surface area contributed by atoms with Gasteiger partial charge in [-0.05, 0) is 19.9 Å². The lowest BCUT2D eigenvalue weighted by Gasteiger charge is -2.20. The van der Waals surface area contributed by atoms with Gasteiger partial charge in [0.05, 0.1) is 11.4 Å². The van der Waals surface area contributed by atoms with E-state index in [9.17, 15) is 27.2 Å². The lowest BCUT2D eigenvalue weighted by molar-refractivity contribution is -0.208. The van der Waals surface area contributed by atoms with Gasteiger partial charge in [-0.25, -0.2) is 13.9 Å². The zero-order chi connectivity index (χ0) is 18.5. The Hall–Kier alpha value is -2.91. The SMILES string of the molecule is Cc1c(-c2cc3c(cc2F)OCC(=O)N3)nc(C)n(C(F)(F)F)c1=O. The molecular weight excluding hydrogens is 346 g/mol. The van der Waals surface area contributed by atoms with Crippen LogP contribution in [0.25, 0.3) is 11.3 Å². The summed E-state index contributed by atoms with van der Waals surface area (Å²) in [5, 5.41) is 2.46. The third kappa shape index (κ3) is 2.83. The fraction of sp³-hybridized carbons (Fsp3) is 0.267. The highest BCUT2D eigenvalue weighted by atomic mass is 19.4. The van der Waals surface area contributed by atoms with Crippen molar-refractivity contribution in [1.82, 2.24) is 9.55 Å². The van der Waals surface area contributed by atoms with E-state index in [1.165, 1.54) is 6.07 Å². The molecule has 0 atom stereocenters. The first kappa shape index (κ1) is 16.9. The van der Waals surface area contributed by atoms with Crippen molar-refractivity contribution < 1.29 is 27.1 Å². The van der Waals surface area contributed by atoms with Crippen LogP contribution in [0.1, 0.15) is 11.4 Å². The van der Waals surface area contributed by atoms with Gasteiger partial charge >= 0.3 is 6.30 Å². The normalized spacial score (nSPS) is 13.9. The maximum atomic E-state index is 14.4. The molecule has 3 rings (SSSR count). The Bertz CT molecular complexity index is 951. The van der Waals surface area contributed by atoms with Gasteiger partial charge in [-0.1, -0.05) is 0 Å². The number of aryl methyl sites for hydroxylation is 1. The Kier molecular flexibility index (Phi) is 3.77. The second-order valence-corrected chi connectivity index (χ2v) is 5.41. The van der Waals surface area contributed by atoms with Gasteiger partial charge in [0.15, 0.2) is 6.61 Å². The Morgan fingerprint density at radius 1 is 1.24 bits per heavy atom. The van der Waals surface area contributed by atoms with Crippen LogP contribution in [0.2, 0.25) is 0 Å². The van der Waals surface area contributed by atoms with Crippen LogP contribution in [0.5, 0.6) is 5.75 Å². The van der Waals surface area contributed by atoms with Crippen LogP contribution >= 0.6 is 0 Å². The number of carbonyl (C=O) groups excluding carboxylic acids is 1. The molecule has 0 unspecified atom stereocenters. The molecule has 2 heterocycles. The summed E-state index contributed by atoms with van der Waals surface area (Å²) < 4.78 is 57.9. The Morgan fingerprint density at radius 3 is 2.56 bits per heavy atom. The molecule has 1 aliphatic rings. The van der Waals surface area contributed by atoms with Crippen LogP contribution in [-0.2, 0) is 11.1 Å². The predicted octanol–water partition coefficient (Wildman–Crippen LogP) is 2.47. The monoisotopic (exact) mass is 357 g/mol. The number of nitrogens with one attached hydrogen (secondary N) is 1. The van der Waals surface area contributed by atoms with Gasteiger partial charge in [0, 0.05) is 17.2 Å². The number of amides is 1. The van der Waals surface area contributed by atoms with Gasteiger partial charge in [-0.3, -0.25) is 9.59 Å². The molecule has 0 bridgehead atoms. The number of benzene rings is 1. The standard InChI is InChI=1S/C15H11F4N3O3/c1-6-13(20-7(2)22(14(6)24)15(17,18)19)8-3-10-11(4-9(8)16)25-5-12(23)21-10/h3-4H,5H2,1-2H3,(H,21,23). The van der Waals surface area contributed by atoms with Crippen LogP contribution in [-0.4, -0.2) is 22.1 Å². The summed E-state index contributed by atoms with van der Waals surface area (Å²) in [6.45, 7) is 1.85. The summed E-state index contributed by atoms with van der Waals surface area (Å²) in [6.07, 6.45) is -4.94. The van der Waals surface area contributed by atoms with Crippen molar-refractivity contribution in [3.05, 3.63) is 39.7 Å². The van der Waals surface area contributed by atoms with Crippen LogP contribution in [0, 0.1) is 19.7 Å². The molecule has 1 aromatic carbocycles. The fourth-order valence-corrected chi connectivity index (χ4v) is 2.56. The Labute approximate surface area is 138 Å². The summed E-state index contributed by atoms with van der Waals surface area (Å²) >= 11 is 0. The second-order valence-electron chi connectivity index (χ2n) is 5.41. The second kappa shape index (κ2) is 5.57. The largest absolute Gasteiger partial charge is 0.492 e. The molecule has 0 radical (unpaired) electrons. The lowest BCUT2D eigenvalue weighted by Crippen LogP contribution is -2.35. The van der Waals surface area contributed by atoms with Gasteiger partial charge in [-0.2, -0.15) is 0 Å². The highest BCUT2D eigenvalue weighted by molar-refractivity contribution is 5.96. The van der Waals surface area contributed by atoms with E-state index < -0.39 is 34.0 Å². The molecule has 0 saturated heterocycles. The minimum Gasteiger partial charge on any atom is -0.481 e. The van der Waals surface area contributed by atoms with Crippen molar-refractivity contribution in [1.29, 1.82) is 0 Å². The summed E-state index contributed by atoms with van der Waals surface area (Å²) in [5.41, 5.74) is -2.01. The molecule has 1 N–H and O–H groups in total. The smallest absolute Gasteiger partial charge is 0.481 e. The minimum atomic E-state index is -4.94. The molecule has 1 aliphatic heterocycles. The van der Waals surface area contributed by atoms with Gasteiger partial charge in [0.1, 0.15) is 17.4 Å². The van der Waals surface area contributed by atoms with E-state index in [2.05, 4.69) is 10.3 Å². The van der Waals surface area contributed by atoms with Crippen molar-refractivity contribution in [3.63, 3.8) is 0 Å². The van der Waals surface area contributed by atoms with Crippen molar-refractivity contribution in [2.45, 2.75) is 20.1 Å². The van der Waals surface area contributed by atoms with Crippen molar-refractivity contribution in [2.24, 2.45) is 0 Å². The number of rotatable bonds is 1. The minimum absolute atomic E-state index is 0.0823. The van der Waals surface area contributed by atoms with E-state index in [1.807, 2.05) is 0 Å². The highest BCUT2D eigenvalue weighted by Gasteiger charge is 2.35. The van der Waals surface area contributed by atoms with E-state index in [-0.39, 0.29) is 34.9 Å². The molecule has 0 saturated carbocycles. The van der Waals surface area contributed by atoms with Gasteiger partial charge < -0.3 is 10.1 Å². The van der Waals surface area contributed by atoms with Crippen molar-refractivity contribution in [3.8, 4) is 17.0 Å².